The van der Waals surface area contributed by atoms with Gasteiger partial charge in [0.2, 0.25) is 5.91 Å². The molecule has 0 saturated heterocycles. The highest BCUT2D eigenvalue weighted by Crippen LogP contribution is 2.34. The molecule has 2 aromatic heterocycles. The average molecular weight is 528 g/mol. The van der Waals surface area contributed by atoms with Crippen molar-refractivity contribution in [3.8, 4) is 11.6 Å². The van der Waals surface area contributed by atoms with Crippen molar-refractivity contribution in [2.45, 2.75) is 6.42 Å². The number of aromatic nitrogens is 3. The fourth-order valence-electron chi connectivity index (χ4n) is 4.36. The number of fused-ring (bicyclic) bond motifs is 1. The lowest BCUT2D eigenvalue weighted by Gasteiger charge is -2.25. The van der Waals surface area contributed by atoms with E-state index >= 15 is 0 Å². The van der Waals surface area contributed by atoms with Gasteiger partial charge < -0.3 is 30.2 Å². The van der Waals surface area contributed by atoms with Gasteiger partial charge in [-0.15, -0.1) is 0 Å². The monoisotopic (exact) mass is 527 g/mol. The van der Waals surface area contributed by atoms with Crippen LogP contribution in [-0.4, -0.2) is 72.6 Å². The Balaban J connectivity index is 1.73. The minimum absolute atomic E-state index is 0.309. The summed E-state index contributed by atoms with van der Waals surface area (Å²) in [6.07, 6.45) is 4.95. The Morgan fingerprint density at radius 1 is 1.15 bits per heavy atom. The lowest BCUT2D eigenvalue weighted by molar-refractivity contribution is -0.111. The number of anilines is 2. The molecule has 202 valence electrons. The summed E-state index contributed by atoms with van der Waals surface area (Å²) in [6.45, 7) is 5.16. The molecule has 10 nitrogen and oxygen atoms in total. The van der Waals surface area contributed by atoms with Crippen LogP contribution in [0.5, 0.6) is 5.75 Å². The Kier molecular flexibility index (Phi) is 8.26. The Bertz CT molecular complexity index is 1530. The molecule has 4 rings (SSSR count). The molecule has 10 heteroatoms. The number of likely N-dealkylation sites (N-methyl/N-ethyl adjacent to an activating group) is 2. The topological polar surface area (TPSA) is 119 Å². The molecule has 0 atom stereocenters. The van der Waals surface area contributed by atoms with E-state index in [9.17, 15) is 9.59 Å². The molecule has 0 unspecified atom stereocenters. The van der Waals surface area contributed by atoms with Crippen LogP contribution in [0.25, 0.3) is 16.7 Å². The largest absolute Gasteiger partial charge is 0.496 e. The maximum Gasteiger partial charge on any atom is 0.250 e. The summed E-state index contributed by atoms with van der Waals surface area (Å²) < 4.78 is 7.57. The first-order valence-electron chi connectivity index (χ1n) is 12.4. The Morgan fingerprint density at radius 3 is 2.62 bits per heavy atom. The molecule has 2 aromatic carbocycles. The minimum Gasteiger partial charge on any atom is -0.496 e. The second kappa shape index (κ2) is 11.8. The fourth-order valence-corrected chi connectivity index (χ4v) is 4.36. The molecule has 2 heterocycles. The third-order valence-electron chi connectivity index (χ3n) is 6.40. The number of amides is 2. The molecule has 0 aliphatic rings. The second-order valence-corrected chi connectivity index (χ2v) is 9.40. The van der Waals surface area contributed by atoms with E-state index in [1.54, 1.807) is 25.6 Å². The van der Waals surface area contributed by atoms with Crippen LogP contribution in [0.4, 0.5) is 11.4 Å². The van der Waals surface area contributed by atoms with Crippen LogP contribution in [0.3, 0.4) is 0 Å². The van der Waals surface area contributed by atoms with Gasteiger partial charge in [-0.3, -0.25) is 9.59 Å². The highest BCUT2D eigenvalue weighted by atomic mass is 16.5. The van der Waals surface area contributed by atoms with Crippen LogP contribution >= 0.6 is 0 Å². The van der Waals surface area contributed by atoms with E-state index in [0.29, 0.717) is 35.1 Å². The van der Waals surface area contributed by atoms with Gasteiger partial charge in [0, 0.05) is 56.0 Å². The second-order valence-electron chi connectivity index (χ2n) is 9.40. The summed E-state index contributed by atoms with van der Waals surface area (Å²) in [7, 11) is 7.60. The van der Waals surface area contributed by atoms with Crippen molar-refractivity contribution < 1.29 is 14.3 Å². The van der Waals surface area contributed by atoms with Crippen LogP contribution in [-0.2, 0) is 11.2 Å². The molecule has 0 saturated carbocycles. The number of benzene rings is 2. The number of hydrogen-bond acceptors (Lipinski definition) is 7. The Labute approximate surface area is 227 Å². The summed E-state index contributed by atoms with van der Waals surface area (Å²) in [5, 5.41) is 3.67. The third kappa shape index (κ3) is 6.07. The number of hydrogen-bond donors (Lipinski definition) is 2. The number of carbonyl (C=O) groups is 2. The van der Waals surface area contributed by atoms with Crippen molar-refractivity contribution in [1.82, 2.24) is 19.4 Å². The van der Waals surface area contributed by atoms with Gasteiger partial charge >= 0.3 is 0 Å². The van der Waals surface area contributed by atoms with Crippen LogP contribution < -0.4 is 20.7 Å². The van der Waals surface area contributed by atoms with Crippen molar-refractivity contribution in [2.24, 2.45) is 5.73 Å². The maximum atomic E-state index is 12.3. The molecule has 0 spiro atoms. The number of primary amides is 1. The molecule has 2 amide bonds. The lowest BCUT2D eigenvalue weighted by Crippen LogP contribution is -2.29. The Hall–Kier alpha value is -4.70. The van der Waals surface area contributed by atoms with Crippen LogP contribution in [0, 0.1) is 0 Å². The first-order chi connectivity index (χ1) is 18.7. The fraction of sp³-hybridized carbons (Fsp3) is 0.241. The maximum absolute atomic E-state index is 12.3. The number of para-hydroxylation sites is 1. The molecule has 0 bridgehead atoms. The highest BCUT2D eigenvalue weighted by molar-refractivity contribution is 6.06. The van der Waals surface area contributed by atoms with Gasteiger partial charge in [0.25, 0.3) is 5.91 Å². The van der Waals surface area contributed by atoms with Gasteiger partial charge in [-0.1, -0.05) is 24.8 Å². The van der Waals surface area contributed by atoms with Crippen LogP contribution in [0.2, 0.25) is 0 Å². The number of methoxy groups -OCH3 is 1. The molecule has 0 radical (unpaired) electrons. The first kappa shape index (κ1) is 27.3. The number of rotatable bonds is 11. The number of ether oxygens (including phenoxy) is 1. The molecular weight excluding hydrogens is 494 g/mol. The van der Waals surface area contributed by atoms with E-state index in [1.165, 1.54) is 6.08 Å². The van der Waals surface area contributed by atoms with Crippen molar-refractivity contribution in [1.29, 1.82) is 0 Å². The van der Waals surface area contributed by atoms with Gasteiger partial charge in [-0.05, 0) is 38.4 Å². The summed E-state index contributed by atoms with van der Waals surface area (Å²) >= 11 is 0. The minimum atomic E-state index is -0.506. The third-order valence-corrected chi connectivity index (χ3v) is 6.40. The smallest absolute Gasteiger partial charge is 0.250 e. The molecule has 0 aliphatic carbocycles. The number of nitrogens with two attached hydrogens (primary N) is 1. The van der Waals surface area contributed by atoms with Crippen molar-refractivity contribution in [2.75, 3.05) is 51.6 Å². The molecular formula is C29H33N7O3. The average Bonchev–Trinajstić information content (AvgIpc) is 3.32. The van der Waals surface area contributed by atoms with E-state index in [1.807, 2.05) is 62.1 Å². The first-order valence-corrected chi connectivity index (χ1v) is 12.4. The molecule has 3 N–H and O–H groups in total. The summed E-state index contributed by atoms with van der Waals surface area (Å²) in [5.74, 6) is 0.974. The quantitative estimate of drug-likeness (QED) is 0.288. The zero-order valence-corrected chi connectivity index (χ0v) is 22.6. The van der Waals surface area contributed by atoms with Gasteiger partial charge in [-0.25, -0.2) is 9.97 Å². The zero-order chi connectivity index (χ0) is 28.1. The predicted octanol–water partition coefficient (Wildman–Crippen LogP) is 3.24. The SMILES string of the molecule is C=CC(=O)Nc1cc(Cc2nccc(-n3cc(C(N)=O)c4ccccc43)n2)c(OC)cc1N(C)CCN(C)C. The summed E-state index contributed by atoms with van der Waals surface area (Å²) in [6, 6.07) is 13.1. The molecule has 4 aromatic rings. The van der Waals surface area contributed by atoms with Gasteiger partial charge in [0.1, 0.15) is 17.4 Å². The number of nitrogens with zero attached hydrogens (tertiary/aromatic N) is 5. The number of nitrogens with one attached hydrogen (secondary N) is 1. The van der Waals surface area contributed by atoms with E-state index < -0.39 is 5.91 Å². The van der Waals surface area contributed by atoms with Crippen molar-refractivity contribution in [3.05, 3.63) is 84.5 Å². The predicted molar refractivity (Wildman–Crippen MR) is 154 cm³/mol. The zero-order valence-electron chi connectivity index (χ0n) is 22.6. The van der Waals surface area contributed by atoms with E-state index in [4.69, 9.17) is 15.5 Å². The Morgan fingerprint density at radius 2 is 1.92 bits per heavy atom. The highest BCUT2D eigenvalue weighted by Gasteiger charge is 2.18. The van der Waals surface area contributed by atoms with Gasteiger partial charge in [-0.2, -0.15) is 0 Å². The summed E-state index contributed by atoms with van der Waals surface area (Å²) in [5.41, 5.74) is 9.11. The molecule has 0 fully saturated rings. The van der Waals surface area contributed by atoms with Crippen molar-refractivity contribution >= 4 is 34.1 Å². The molecule has 39 heavy (non-hydrogen) atoms. The van der Waals surface area contributed by atoms with Gasteiger partial charge in [0.05, 0.1) is 29.6 Å². The van der Waals surface area contributed by atoms with E-state index in [-0.39, 0.29) is 5.91 Å². The van der Waals surface area contributed by atoms with Crippen molar-refractivity contribution in [3.63, 3.8) is 0 Å². The summed E-state index contributed by atoms with van der Waals surface area (Å²) in [4.78, 5) is 37.7. The number of carbonyl (C=O) groups excluding carboxylic acids is 2. The van der Waals surface area contributed by atoms with Crippen LogP contribution in [0.15, 0.2) is 67.5 Å². The standard InChI is InChI=1S/C29H33N7O3/c1-6-28(37)32-22-15-19(25(39-5)17-24(22)35(4)14-13-34(2)3)16-26-31-12-11-27(33-26)36-18-21(29(30)38)20-9-7-8-10-23(20)36/h6-12,15,17-18H,1,13-14,16H2,2-5H3,(H2,30,38)(H,32,37). The molecule has 0 aliphatic heterocycles. The normalized spacial score (nSPS) is 11.0. The van der Waals surface area contributed by atoms with E-state index in [2.05, 4.69) is 26.7 Å². The van der Waals surface area contributed by atoms with Crippen LogP contribution in [0.1, 0.15) is 21.7 Å². The lowest BCUT2D eigenvalue weighted by atomic mass is 10.1. The van der Waals surface area contributed by atoms with Gasteiger partial charge in [0.15, 0.2) is 0 Å². The van der Waals surface area contributed by atoms with E-state index in [0.717, 1.165) is 35.2 Å².